The zero-order valence-corrected chi connectivity index (χ0v) is 14.2. The molecule has 1 aromatic carbocycles. The third-order valence-electron chi connectivity index (χ3n) is 3.61. The summed E-state index contributed by atoms with van der Waals surface area (Å²) in [6.07, 6.45) is 2.89. The van der Waals surface area contributed by atoms with Gasteiger partial charge in [0.2, 0.25) is 0 Å². The summed E-state index contributed by atoms with van der Waals surface area (Å²) in [4.78, 5) is 12.6. The van der Waals surface area contributed by atoms with Gasteiger partial charge >= 0.3 is 0 Å². The summed E-state index contributed by atoms with van der Waals surface area (Å²) in [6.45, 7) is 8.10. The minimum atomic E-state index is 0.168. The monoisotopic (exact) mass is 324 g/mol. The van der Waals surface area contributed by atoms with Crippen LogP contribution in [0.3, 0.4) is 0 Å². The molecule has 0 fully saturated rings. The summed E-state index contributed by atoms with van der Waals surface area (Å²) in [5, 5.41) is 5.45. The molecule has 0 bridgehead atoms. The lowest BCUT2D eigenvalue weighted by atomic mass is 10.1. The van der Waals surface area contributed by atoms with Gasteiger partial charge in [-0.05, 0) is 32.0 Å². The minimum absolute atomic E-state index is 0.168. The molecule has 0 unspecified atom stereocenters. The first-order valence-electron chi connectivity index (χ1n) is 7.97. The minimum Gasteiger partial charge on any atom is -0.443 e. The normalized spacial score (nSPS) is 11.0. The van der Waals surface area contributed by atoms with Crippen molar-refractivity contribution in [2.24, 2.45) is 0 Å². The highest BCUT2D eigenvalue weighted by Crippen LogP contribution is 2.32. The maximum Gasteiger partial charge on any atom is 0.181 e. The number of nitrogens with zero attached hydrogens (tertiary/aromatic N) is 5. The maximum absolute atomic E-state index is 6.06. The second-order valence-corrected chi connectivity index (χ2v) is 5.38. The summed E-state index contributed by atoms with van der Waals surface area (Å²) in [5.74, 6) is 0.423. The lowest BCUT2D eigenvalue weighted by Crippen LogP contribution is -2.04. The van der Waals surface area contributed by atoms with E-state index >= 15 is 0 Å². The smallest absolute Gasteiger partial charge is 0.181 e. The fourth-order valence-electron chi connectivity index (χ4n) is 2.56. The molecule has 0 aliphatic carbocycles. The molecule has 4 aromatic rings. The van der Waals surface area contributed by atoms with E-state index in [1.807, 2.05) is 36.7 Å². The third kappa shape index (κ3) is 2.47. The van der Waals surface area contributed by atoms with Gasteiger partial charge < -0.3 is 10.2 Å². The summed E-state index contributed by atoms with van der Waals surface area (Å²) < 4.78 is 7.13. The summed E-state index contributed by atoms with van der Waals surface area (Å²) in [5.41, 5.74) is 9.98. The Kier molecular flexibility index (Phi) is 4.16. The van der Waals surface area contributed by atoms with Crippen molar-refractivity contribution in [3.8, 4) is 11.3 Å². The van der Waals surface area contributed by atoms with Gasteiger partial charge in [0.25, 0.3) is 0 Å². The van der Waals surface area contributed by atoms with Gasteiger partial charge in [0.15, 0.2) is 17.6 Å². The molecular weight excluding hydrogens is 304 g/mol. The Morgan fingerprint density at radius 1 is 1.12 bits per heavy atom. The van der Waals surface area contributed by atoms with E-state index in [9.17, 15) is 0 Å². The third-order valence-corrected chi connectivity index (χ3v) is 3.61. The first kappa shape index (κ1) is 15.9. The maximum atomic E-state index is 6.06. The number of anilines is 1. The Morgan fingerprint density at radius 2 is 1.92 bits per heavy atom. The Bertz CT molecular complexity index is 985. The molecule has 3 aromatic heterocycles. The van der Waals surface area contributed by atoms with Gasteiger partial charge in [0.1, 0.15) is 23.4 Å². The van der Waals surface area contributed by atoms with Gasteiger partial charge in [0, 0.05) is 11.6 Å². The Balaban J connectivity index is 0.000000815. The van der Waals surface area contributed by atoms with Crippen molar-refractivity contribution in [3.05, 3.63) is 30.9 Å². The van der Waals surface area contributed by atoms with Crippen molar-refractivity contribution in [3.63, 3.8) is 0 Å². The molecule has 0 spiro atoms. The van der Waals surface area contributed by atoms with E-state index in [2.05, 4.69) is 33.9 Å². The zero-order chi connectivity index (χ0) is 17.3. The Labute approximate surface area is 139 Å². The van der Waals surface area contributed by atoms with Crippen LogP contribution in [0.4, 0.5) is 5.82 Å². The predicted octanol–water partition coefficient (Wildman–Crippen LogP) is 3.82. The van der Waals surface area contributed by atoms with Crippen molar-refractivity contribution in [1.82, 2.24) is 24.7 Å². The number of benzene rings is 1. The highest BCUT2D eigenvalue weighted by Gasteiger charge is 2.18. The van der Waals surface area contributed by atoms with Crippen LogP contribution in [-0.2, 0) is 0 Å². The average Bonchev–Trinajstić information content (AvgIpc) is 3.21. The molecule has 2 N–H and O–H groups in total. The molecule has 0 radical (unpaired) electrons. The molecule has 124 valence electrons. The number of hydrogen-bond acceptors (Lipinski definition) is 6. The second kappa shape index (κ2) is 6.27. The second-order valence-electron chi connectivity index (χ2n) is 5.38. The quantitative estimate of drug-likeness (QED) is 0.602. The molecule has 7 heteroatoms. The molecular formula is C17H20N6O. The average molecular weight is 324 g/mol. The molecule has 0 aliphatic heterocycles. The lowest BCUT2D eigenvalue weighted by molar-refractivity contribution is 0.548. The van der Waals surface area contributed by atoms with E-state index in [1.54, 1.807) is 0 Å². The molecule has 0 aliphatic rings. The van der Waals surface area contributed by atoms with Crippen molar-refractivity contribution >= 4 is 28.0 Å². The largest absolute Gasteiger partial charge is 0.443 e. The number of fused-ring (bicyclic) bond motifs is 2. The highest BCUT2D eigenvalue weighted by molar-refractivity contribution is 5.99. The van der Waals surface area contributed by atoms with E-state index in [1.165, 1.54) is 12.7 Å². The van der Waals surface area contributed by atoms with Crippen molar-refractivity contribution in [2.45, 2.75) is 33.7 Å². The molecule has 0 atom stereocenters. The SMILES string of the molecule is CC.CC(C)n1nc(-c2ccc3ocnc3c2)c2c(N)ncnc21. The van der Waals surface area contributed by atoms with Crippen LogP contribution in [0.15, 0.2) is 35.3 Å². The summed E-state index contributed by atoms with van der Waals surface area (Å²) >= 11 is 0. The van der Waals surface area contributed by atoms with Crippen LogP contribution >= 0.6 is 0 Å². The summed E-state index contributed by atoms with van der Waals surface area (Å²) in [7, 11) is 0. The number of nitrogen functional groups attached to an aromatic ring is 1. The standard InChI is InChI=1S/C15H14N6O.C2H6/c1-8(2)21-15-12(14(16)17-6-18-15)13(20-21)9-3-4-11-10(5-9)19-7-22-11;1-2/h3-8H,1-2H3,(H2,16,17,18);1-2H3. The Morgan fingerprint density at radius 3 is 2.67 bits per heavy atom. The first-order chi connectivity index (χ1) is 11.6. The molecule has 3 heterocycles. The number of hydrogen-bond donors (Lipinski definition) is 1. The van der Waals surface area contributed by atoms with Gasteiger partial charge in [-0.3, -0.25) is 0 Å². The van der Waals surface area contributed by atoms with Crippen LogP contribution in [0, 0.1) is 0 Å². The van der Waals surface area contributed by atoms with Gasteiger partial charge in [-0.15, -0.1) is 0 Å². The molecule has 0 amide bonds. The lowest BCUT2D eigenvalue weighted by Gasteiger charge is -2.05. The zero-order valence-electron chi connectivity index (χ0n) is 14.2. The number of oxazole rings is 1. The molecule has 7 nitrogen and oxygen atoms in total. The van der Waals surface area contributed by atoms with Gasteiger partial charge in [-0.2, -0.15) is 5.10 Å². The van der Waals surface area contributed by atoms with E-state index in [-0.39, 0.29) is 6.04 Å². The van der Waals surface area contributed by atoms with Gasteiger partial charge in [0.05, 0.1) is 5.39 Å². The van der Waals surface area contributed by atoms with Crippen LogP contribution in [0.5, 0.6) is 0 Å². The van der Waals surface area contributed by atoms with Gasteiger partial charge in [-0.25, -0.2) is 19.6 Å². The van der Waals surface area contributed by atoms with E-state index in [0.717, 1.165) is 33.4 Å². The fourth-order valence-corrected chi connectivity index (χ4v) is 2.56. The van der Waals surface area contributed by atoms with Crippen LogP contribution < -0.4 is 5.73 Å². The van der Waals surface area contributed by atoms with Gasteiger partial charge in [-0.1, -0.05) is 13.8 Å². The molecule has 0 saturated carbocycles. The van der Waals surface area contributed by atoms with Crippen molar-refractivity contribution < 1.29 is 4.42 Å². The summed E-state index contributed by atoms with van der Waals surface area (Å²) in [6, 6.07) is 5.91. The molecule has 4 rings (SSSR count). The van der Waals surface area contributed by atoms with Crippen LogP contribution in [-0.4, -0.2) is 24.7 Å². The molecule has 0 saturated heterocycles. The van der Waals surface area contributed by atoms with Crippen molar-refractivity contribution in [1.29, 1.82) is 0 Å². The topological polar surface area (TPSA) is 95.7 Å². The number of aromatic nitrogens is 5. The Hall–Kier alpha value is -2.96. The number of rotatable bonds is 2. The van der Waals surface area contributed by atoms with Crippen LogP contribution in [0.2, 0.25) is 0 Å². The van der Waals surface area contributed by atoms with Crippen LogP contribution in [0.1, 0.15) is 33.7 Å². The number of nitrogens with two attached hydrogens (primary N) is 1. The first-order valence-corrected chi connectivity index (χ1v) is 7.97. The fraction of sp³-hybridized carbons (Fsp3) is 0.294. The predicted molar refractivity (Wildman–Crippen MR) is 94.5 cm³/mol. The highest BCUT2D eigenvalue weighted by atomic mass is 16.3. The molecule has 24 heavy (non-hydrogen) atoms. The van der Waals surface area contributed by atoms with E-state index in [0.29, 0.717) is 5.82 Å². The van der Waals surface area contributed by atoms with Crippen molar-refractivity contribution in [2.75, 3.05) is 5.73 Å². The van der Waals surface area contributed by atoms with Crippen LogP contribution in [0.25, 0.3) is 33.4 Å². The van der Waals surface area contributed by atoms with E-state index < -0.39 is 0 Å². The van der Waals surface area contributed by atoms with E-state index in [4.69, 9.17) is 10.2 Å².